The van der Waals surface area contributed by atoms with Crippen LogP contribution >= 0.6 is 0 Å². The third kappa shape index (κ3) is 5.79. The Kier molecular flexibility index (Phi) is 4.89. The summed E-state index contributed by atoms with van der Waals surface area (Å²) in [4.78, 5) is 11.4. The van der Waals surface area contributed by atoms with E-state index < -0.39 is 5.60 Å². The molecule has 0 aliphatic rings. The standard InChI is InChI=1S/C12H22O2/c1-7-9(2)10(3)8-11(13)14-12(4,5)6/h8-9H,7H2,1-6H3. The van der Waals surface area contributed by atoms with E-state index >= 15 is 0 Å². The van der Waals surface area contributed by atoms with E-state index in [2.05, 4.69) is 13.8 Å². The van der Waals surface area contributed by atoms with Crippen molar-refractivity contribution in [1.82, 2.24) is 0 Å². The predicted molar refractivity (Wildman–Crippen MR) is 59.1 cm³/mol. The van der Waals surface area contributed by atoms with Gasteiger partial charge in [0.2, 0.25) is 0 Å². The first-order valence-corrected chi connectivity index (χ1v) is 5.17. The Labute approximate surface area is 87.3 Å². The van der Waals surface area contributed by atoms with Crippen molar-refractivity contribution in [2.75, 3.05) is 0 Å². The third-order valence-electron chi connectivity index (χ3n) is 2.14. The zero-order valence-corrected chi connectivity index (χ0v) is 10.2. The molecule has 0 aliphatic carbocycles. The summed E-state index contributed by atoms with van der Waals surface area (Å²) in [5, 5.41) is 0. The van der Waals surface area contributed by atoms with E-state index in [1.165, 1.54) is 0 Å². The van der Waals surface area contributed by atoms with E-state index in [4.69, 9.17) is 4.74 Å². The molecule has 0 saturated heterocycles. The van der Waals surface area contributed by atoms with Gasteiger partial charge in [-0.25, -0.2) is 4.79 Å². The predicted octanol–water partition coefficient (Wildman–Crippen LogP) is 3.32. The Balaban J connectivity index is 4.30. The van der Waals surface area contributed by atoms with Crippen molar-refractivity contribution in [2.24, 2.45) is 5.92 Å². The molecule has 82 valence electrons. The fourth-order valence-electron chi connectivity index (χ4n) is 0.981. The average molecular weight is 198 g/mol. The highest BCUT2D eigenvalue weighted by Gasteiger charge is 2.15. The molecule has 0 radical (unpaired) electrons. The van der Waals surface area contributed by atoms with Gasteiger partial charge in [0.15, 0.2) is 0 Å². The molecule has 2 heteroatoms. The molecule has 0 spiro atoms. The molecule has 1 unspecified atom stereocenters. The van der Waals surface area contributed by atoms with E-state index in [0.29, 0.717) is 5.92 Å². The second-order valence-electron chi connectivity index (χ2n) is 4.73. The van der Waals surface area contributed by atoms with Gasteiger partial charge in [-0.05, 0) is 40.0 Å². The fourth-order valence-corrected chi connectivity index (χ4v) is 0.981. The van der Waals surface area contributed by atoms with E-state index in [-0.39, 0.29) is 5.97 Å². The number of hydrogen-bond donors (Lipinski definition) is 0. The molecule has 14 heavy (non-hydrogen) atoms. The lowest BCUT2D eigenvalue weighted by molar-refractivity contribution is -0.148. The average Bonchev–Trinajstić information content (AvgIpc) is 1.99. The summed E-state index contributed by atoms with van der Waals surface area (Å²) in [7, 11) is 0. The molecule has 0 amide bonds. The first-order valence-electron chi connectivity index (χ1n) is 5.17. The minimum absolute atomic E-state index is 0.240. The van der Waals surface area contributed by atoms with Crippen molar-refractivity contribution >= 4 is 5.97 Å². The smallest absolute Gasteiger partial charge is 0.331 e. The normalized spacial score (nSPS) is 15.1. The highest BCUT2D eigenvalue weighted by Crippen LogP contribution is 2.14. The number of ether oxygens (including phenoxy) is 1. The summed E-state index contributed by atoms with van der Waals surface area (Å²) < 4.78 is 5.19. The molecule has 0 aliphatic heterocycles. The van der Waals surface area contributed by atoms with Crippen LogP contribution in [-0.4, -0.2) is 11.6 Å². The largest absolute Gasteiger partial charge is 0.457 e. The minimum Gasteiger partial charge on any atom is -0.457 e. The van der Waals surface area contributed by atoms with Crippen LogP contribution in [0.3, 0.4) is 0 Å². The Morgan fingerprint density at radius 1 is 1.43 bits per heavy atom. The van der Waals surface area contributed by atoms with Gasteiger partial charge in [0.25, 0.3) is 0 Å². The van der Waals surface area contributed by atoms with Gasteiger partial charge in [0.1, 0.15) is 5.60 Å². The number of allylic oxidation sites excluding steroid dienone is 1. The van der Waals surface area contributed by atoms with Crippen LogP contribution in [0.2, 0.25) is 0 Å². The maximum atomic E-state index is 11.4. The van der Waals surface area contributed by atoms with Crippen molar-refractivity contribution in [2.45, 2.75) is 53.6 Å². The molecule has 2 nitrogen and oxygen atoms in total. The maximum absolute atomic E-state index is 11.4. The van der Waals surface area contributed by atoms with Crippen LogP contribution in [0.25, 0.3) is 0 Å². The number of rotatable bonds is 3. The molecular weight excluding hydrogens is 176 g/mol. The molecule has 0 aromatic carbocycles. The number of carbonyl (C=O) groups excluding carboxylic acids is 1. The first-order chi connectivity index (χ1) is 6.26. The molecule has 0 bridgehead atoms. The maximum Gasteiger partial charge on any atom is 0.331 e. The molecular formula is C12H22O2. The van der Waals surface area contributed by atoms with Crippen LogP contribution < -0.4 is 0 Å². The van der Waals surface area contributed by atoms with E-state index in [0.717, 1.165) is 12.0 Å². The Morgan fingerprint density at radius 2 is 1.93 bits per heavy atom. The highest BCUT2D eigenvalue weighted by molar-refractivity contribution is 5.83. The molecule has 0 aromatic heterocycles. The molecule has 0 N–H and O–H groups in total. The summed E-state index contributed by atoms with van der Waals surface area (Å²) in [6.45, 7) is 11.8. The first kappa shape index (κ1) is 13.2. The van der Waals surface area contributed by atoms with Crippen LogP contribution in [0.5, 0.6) is 0 Å². The van der Waals surface area contributed by atoms with Crippen LogP contribution in [0, 0.1) is 5.92 Å². The van der Waals surface area contributed by atoms with Gasteiger partial charge in [0.05, 0.1) is 0 Å². The van der Waals surface area contributed by atoms with E-state index in [9.17, 15) is 4.79 Å². The quantitative estimate of drug-likeness (QED) is 0.513. The molecule has 0 fully saturated rings. The lowest BCUT2D eigenvalue weighted by atomic mass is 10.00. The van der Waals surface area contributed by atoms with Gasteiger partial charge >= 0.3 is 5.97 Å². The highest BCUT2D eigenvalue weighted by atomic mass is 16.6. The van der Waals surface area contributed by atoms with Crippen LogP contribution in [0.1, 0.15) is 48.0 Å². The summed E-state index contributed by atoms with van der Waals surface area (Å²) >= 11 is 0. The molecule has 0 heterocycles. The molecule has 0 saturated carbocycles. The van der Waals surface area contributed by atoms with E-state index in [1.807, 2.05) is 27.7 Å². The lowest BCUT2D eigenvalue weighted by Gasteiger charge is -2.18. The summed E-state index contributed by atoms with van der Waals surface area (Å²) in [5.41, 5.74) is 0.685. The Bertz CT molecular complexity index is 221. The van der Waals surface area contributed by atoms with Crippen molar-refractivity contribution in [3.05, 3.63) is 11.6 Å². The third-order valence-corrected chi connectivity index (χ3v) is 2.14. The van der Waals surface area contributed by atoms with Crippen molar-refractivity contribution < 1.29 is 9.53 Å². The fraction of sp³-hybridized carbons (Fsp3) is 0.750. The monoisotopic (exact) mass is 198 g/mol. The summed E-state index contributed by atoms with van der Waals surface area (Å²) in [6.07, 6.45) is 2.64. The van der Waals surface area contributed by atoms with Gasteiger partial charge in [-0.3, -0.25) is 0 Å². The van der Waals surface area contributed by atoms with Crippen LogP contribution in [0.15, 0.2) is 11.6 Å². The van der Waals surface area contributed by atoms with Gasteiger partial charge in [-0.15, -0.1) is 0 Å². The van der Waals surface area contributed by atoms with Crippen LogP contribution in [-0.2, 0) is 9.53 Å². The van der Waals surface area contributed by atoms with Gasteiger partial charge in [-0.2, -0.15) is 0 Å². The SMILES string of the molecule is CCC(C)C(C)=CC(=O)OC(C)(C)C. The van der Waals surface area contributed by atoms with Crippen LogP contribution in [0.4, 0.5) is 0 Å². The van der Waals surface area contributed by atoms with Crippen molar-refractivity contribution in [3.8, 4) is 0 Å². The Hall–Kier alpha value is -0.790. The molecule has 0 rings (SSSR count). The number of esters is 1. The zero-order chi connectivity index (χ0) is 11.4. The number of carbonyl (C=O) groups is 1. The van der Waals surface area contributed by atoms with Gasteiger partial charge < -0.3 is 4.74 Å². The van der Waals surface area contributed by atoms with Gasteiger partial charge in [-0.1, -0.05) is 19.4 Å². The zero-order valence-electron chi connectivity index (χ0n) is 10.2. The Morgan fingerprint density at radius 3 is 2.29 bits per heavy atom. The molecule has 0 aromatic rings. The van der Waals surface area contributed by atoms with Crippen molar-refractivity contribution in [1.29, 1.82) is 0 Å². The second kappa shape index (κ2) is 5.18. The van der Waals surface area contributed by atoms with Crippen molar-refractivity contribution in [3.63, 3.8) is 0 Å². The summed E-state index contributed by atoms with van der Waals surface area (Å²) in [6, 6.07) is 0. The second-order valence-corrected chi connectivity index (χ2v) is 4.73. The minimum atomic E-state index is -0.399. The summed E-state index contributed by atoms with van der Waals surface area (Å²) in [5.74, 6) is 0.206. The topological polar surface area (TPSA) is 26.3 Å². The van der Waals surface area contributed by atoms with E-state index in [1.54, 1.807) is 6.08 Å². The molecule has 1 atom stereocenters. The van der Waals surface area contributed by atoms with Gasteiger partial charge in [0, 0.05) is 6.08 Å². The lowest BCUT2D eigenvalue weighted by Crippen LogP contribution is -2.23. The number of hydrogen-bond acceptors (Lipinski definition) is 2.